The first-order valence-electron chi connectivity index (χ1n) is 5.21. The van der Waals surface area contributed by atoms with E-state index in [0.29, 0.717) is 6.54 Å². The fraction of sp³-hybridized carbons (Fsp3) is 0.900. The van der Waals surface area contributed by atoms with Gasteiger partial charge in [0.2, 0.25) is 0 Å². The van der Waals surface area contributed by atoms with Crippen molar-refractivity contribution in [1.82, 2.24) is 9.80 Å². The van der Waals surface area contributed by atoms with E-state index < -0.39 is 0 Å². The molecule has 0 aliphatic rings. The molecule has 5 heteroatoms. The zero-order valence-electron chi connectivity index (χ0n) is 10.1. The predicted octanol–water partition coefficient (Wildman–Crippen LogP) is 0.387. The van der Waals surface area contributed by atoms with Crippen LogP contribution in [0.5, 0.6) is 0 Å². The third kappa shape index (κ3) is 5.59. The second-order valence-corrected chi connectivity index (χ2v) is 3.74. The summed E-state index contributed by atoms with van der Waals surface area (Å²) in [5, 5.41) is 8.55. The Hall–Kier alpha value is -0.810. The maximum Gasteiger partial charge on any atom is 0.410 e. The van der Waals surface area contributed by atoms with Gasteiger partial charge >= 0.3 is 6.09 Å². The molecule has 15 heavy (non-hydrogen) atoms. The van der Waals surface area contributed by atoms with Crippen LogP contribution in [0.25, 0.3) is 0 Å². The summed E-state index contributed by atoms with van der Waals surface area (Å²) in [7, 11) is 3.92. The average molecular weight is 218 g/mol. The van der Waals surface area contributed by atoms with E-state index in [9.17, 15) is 4.79 Å². The van der Waals surface area contributed by atoms with Gasteiger partial charge in [0.1, 0.15) is 6.61 Å². The molecule has 90 valence electrons. The van der Waals surface area contributed by atoms with E-state index in [-0.39, 0.29) is 25.3 Å². The monoisotopic (exact) mass is 218 g/mol. The van der Waals surface area contributed by atoms with Crippen molar-refractivity contribution in [3.05, 3.63) is 0 Å². The summed E-state index contributed by atoms with van der Waals surface area (Å²) in [5.41, 5.74) is 0. The number of nitrogens with zero attached hydrogens (tertiary/aromatic N) is 2. The van der Waals surface area contributed by atoms with Gasteiger partial charge in [-0.3, -0.25) is 0 Å². The molecule has 0 spiro atoms. The predicted molar refractivity (Wildman–Crippen MR) is 58.8 cm³/mol. The molecule has 0 aromatic heterocycles. The Bertz CT molecular complexity index is 186. The van der Waals surface area contributed by atoms with Crippen LogP contribution in [0.3, 0.4) is 0 Å². The van der Waals surface area contributed by atoms with Crippen LogP contribution in [0.4, 0.5) is 4.79 Å². The SMILES string of the molecule is CCN(C(=O)OCCO)C(C)CN(C)C. The molecule has 5 nitrogen and oxygen atoms in total. The third-order valence-electron chi connectivity index (χ3n) is 2.05. The van der Waals surface area contributed by atoms with Crippen molar-refractivity contribution in [1.29, 1.82) is 0 Å². The van der Waals surface area contributed by atoms with Gasteiger partial charge in [0.05, 0.1) is 6.61 Å². The lowest BCUT2D eigenvalue weighted by Crippen LogP contribution is -2.44. The highest BCUT2D eigenvalue weighted by molar-refractivity contribution is 5.67. The molecular weight excluding hydrogens is 196 g/mol. The zero-order chi connectivity index (χ0) is 11.8. The van der Waals surface area contributed by atoms with Crippen LogP contribution in [0.1, 0.15) is 13.8 Å². The van der Waals surface area contributed by atoms with Crippen molar-refractivity contribution < 1.29 is 14.6 Å². The first-order chi connectivity index (χ1) is 7.02. The Balaban J connectivity index is 4.14. The molecule has 0 rings (SSSR count). The van der Waals surface area contributed by atoms with Gasteiger partial charge in [0.25, 0.3) is 0 Å². The number of carbonyl (C=O) groups is 1. The molecule has 0 aromatic rings. The van der Waals surface area contributed by atoms with Crippen molar-refractivity contribution in [2.75, 3.05) is 40.4 Å². The number of amides is 1. The number of rotatable bonds is 6. The van der Waals surface area contributed by atoms with E-state index >= 15 is 0 Å². The lowest BCUT2D eigenvalue weighted by Gasteiger charge is -2.29. The number of aliphatic hydroxyl groups excluding tert-OH is 1. The second kappa shape index (κ2) is 7.48. The number of ether oxygens (including phenoxy) is 1. The summed E-state index contributed by atoms with van der Waals surface area (Å²) in [5.74, 6) is 0. The van der Waals surface area contributed by atoms with E-state index in [0.717, 1.165) is 6.54 Å². The molecule has 0 aliphatic heterocycles. The summed E-state index contributed by atoms with van der Waals surface area (Å²) in [6, 6.07) is 0.108. The molecule has 0 heterocycles. The first kappa shape index (κ1) is 14.2. The lowest BCUT2D eigenvalue weighted by molar-refractivity contribution is 0.0710. The second-order valence-electron chi connectivity index (χ2n) is 3.74. The topological polar surface area (TPSA) is 53.0 Å². The fourth-order valence-corrected chi connectivity index (χ4v) is 1.46. The van der Waals surface area contributed by atoms with Gasteiger partial charge in [-0.15, -0.1) is 0 Å². The van der Waals surface area contributed by atoms with E-state index in [4.69, 9.17) is 9.84 Å². The fourth-order valence-electron chi connectivity index (χ4n) is 1.46. The molecule has 0 bridgehead atoms. The Morgan fingerprint density at radius 3 is 2.47 bits per heavy atom. The molecule has 1 atom stereocenters. The van der Waals surface area contributed by atoms with E-state index in [1.165, 1.54) is 0 Å². The molecule has 1 amide bonds. The number of hydrogen-bond acceptors (Lipinski definition) is 4. The molecular formula is C10H22N2O3. The first-order valence-corrected chi connectivity index (χ1v) is 5.21. The number of aliphatic hydroxyl groups is 1. The molecule has 0 saturated heterocycles. The van der Waals surface area contributed by atoms with Gasteiger partial charge in [-0.25, -0.2) is 4.79 Å². The van der Waals surface area contributed by atoms with Gasteiger partial charge in [0, 0.05) is 19.1 Å². The molecule has 0 aromatic carbocycles. The highest BCUT2D eigenvalue weighted by Gasteiger charge is 2.19. The van der Waals surface area contributed by atoms with Crippen LogP contribution in [0.15, 0.2) is 0 Å². The average Bonchev–Trinajstić information content (AvgIpc) is 2.14. The van der Waals surface area contributed by atoms with Crippen molar-refractivity contribution in [3.63, 3.8) is 0 Å². The van der Waals surface area contributed by atoms with Crippen molar-refractivity contribution in [2.24, 2.45) is 0 Å². The summed E-state index contributed by atoms with van der Waals surface area (Å²) in [6.45, 7) is 5.22. The molecule has 0 fully saturated rings. The van der Waals surface area contributed by atoms with Crippen LogP contribution < -0.4 is 0 Å². The standard InChI is InChI=1S/C10H22N2O3/c1-5-12(9(2)8-11(3)4)10(14)15-7-6-13/h9,13H,5-8H2,1-4H3. The lowest BCUT2D eigenvalue weighted by atomic mass is 10.3. The molecule has 0 saturated carbocycles. The van der Waals surface area contributed by atoms with Crippen LogP contribution in [0.2, 0.25) is 0 Å². The Morgan fingerprint density at radius 1 is 1.47 bits per heavy atom. The van der Waals surface area contributed by atoms with Gasteiger partial charge in [-0.1, -0.05) is 0 Å². The van der Waals surface area contributed by atoms with Gasteiger partial charge in [0.15, 0.2) is 0 Å². The molecule has 0 aliphatic carbocycles. The van der Waals surface area contributed by atoms with Crippen molar-refractivity contribution >= 4 is 6.09 Å². The van der Waals surface area contributed by atoms with Crippen LogP contribution in [-0.2, 0) is 4.74 Å². The normalized spacial score (nSPS) is 12.7. The highest BCUT2D eigenvalue weighted by atomic mass is 16.6. The van der Waals surface area contributed by atoms with E-state index in [1.807, 2.05) is 32.8 Å². The number of carbonyl (C=O) groups excluding carboxylic acids is 1. The summed E-state index contributed by atoms with van der Waals surface area (Å²) < 4.78 is 4.87. The van der Waals surface area contributed by atoms with Crippen molar-refractivity contribution in [2.45, 2.75) is 19.9 Å². The van der Waals surface area contributed by atoms with Crippen LogP contribution in [-0.4, -0.2) is 67.4 Å². The van der Waals surface area contributed by atoms with Crippen molar-refractivity contribution in [3.8, 4) is 0 Å². The highest BCUT2D eigenvalue weighted by Crippen LogP contribution is 2.02. The van der Waals surface area contributed by atoms with Crippen LogP contribution in [0, 0.1) is 0 Å². The largest absolute Gasteiger partial charge is 0.447 e. The Labute approximate surface area is 91.6 Å². The smallest absolute Gasteiger partial charge is 0.410 e. The molecule has 1 unspecified atom stereocenters. The summed E-state index contributed by atoms with van der Waals surface area (Å²) in [6.07, 6.45) is -0.360. The van der Waals surface area contributed by atoms with Gasteiger partial charge < -0.3 is 19.6 Å². The zero-order valence-corrected chi connectivity index (χ0v) is 10.1. The minimum atomic E-state index is -0.360. The van der Waals surface area contributed by atoms with E-state index in [1.54, 1.807) is 4.90 Å². The number of hydrogen-bond donors (Lipinski definition) is 1. The number of likely N-dealkylation sites (N-methyl/N-ethyl adjacent to an activating group) is 2. The minimum Gasteiger partial charge on any atom is -0.447 e. The van der Waals surface area contributed by atoms with Crippen LogP contribution >= 0.6 is 0 Å². The molecule has 0 radical (unpaired) electrons. The maximum atomic E-state index is 11.5. The minimum absolute atomic E-state index is 0.0595. The summed E-state index contributed by atoms with van der Waals surface area (Å²) in [4.78, 5) is 15.2. The maximum absolute atomic E-state index is 11.5. The Kier molecular flexibility index (Phi) is 7.07. The Morgan fingerprint density at radius 2 is 2.07 bits per heavy atom. The molecule has 1 N–H and O–H groups in total. The van der Waals surface area contributed by atoms with Gasteiger partial charge in [-0.2, -0.15) is 0 Å². The van der Waals surface area contributed by atoms with Gasteiger partial charge in [-0.05, 0) is 27.9 Å². The van der Waals surface area contributed by atoms with E-state index in [2.05, 4.69) is 0 Å². The summed E-state index contributed by atoms with van der Waals surface area (Å²) >= 11 is 0. The quantitative estimate of drug-likeness (QED) is 0.700. The third-order valence-corrected chi connectivity index (χ3v) is 2.05.